The second kappa shape index (κ2) is 14.0. The second-order valence-electron chi connectivity index (χ2n) is 11.6. The molecule has 0 unspecified atom stereocenters. The quantitative estimate of drug-likeness (QED) is 0.169. The first-order valence-electron chi connectivity index (χ1n) is 14.7. The van der Waals surface area contributed by atoms with Crippen molar-refractivity contribution < 1.29 is 45.1 Å². The van der Waals surface area contributed by atoms with E-state index in [9.17, 15) is 31.2 Å². The SMILES string of the molecule is CS(=O)(=O)N(OC(=O)C(F)(F)F)C(=O)c1cc(C2CC2)c(OCC2CCN(C(c3ccccc3Cl)c3ccccc3Cl)CC2)cc1F. The van der Waals surface area contributed by atoms with Crippen LogP contribution in [0, 0.1) is 11.7 Å². The van der Waals surface area contributed by atoms with Crippen molar-refractivity contribution >= 4 is 45.1 Å². The van der Waals surface area contributed by atoms with Crippen molar-refractivity contribution in [2.24, 2.45) is 5.92 Å². The van der Waals surface area contributed by atoms with Crippen molar-refractivity contribution in [1.82, 2.24) is 9.37 Å². The Morgan fingerprint density at radius 3 is 2.00 bits per heavy atom. The van der Waals surface area contributed by atoms with Gasteiger partial charge in [0.2, 0.25) is 0 Å². The van der Waals surface area contributed by atoms with Crippen LogP contribution in [0.4, 0.5) is 17.6 Å². The molecule has 8 nitrogen and oxygen atoms in total. The Kier molecular flexibility index (Phi) is 10.4. The lowest BCUT2D eigenvalue weighted by molar-refractivity contribution is -0.216. The topological polar surface area (TPSA) is 93.2 Å². The van der Waals surface area contributed by atoms with Gasteiger partial charge in [-0.05, 0) is 85.5 Å². The van der Waals surface area contributed by atoms with E-state index in [-0.39, 0.29) is 30.2 Å². The van der Waals surface area contributed by atoms with Crippen LogP contribution in [0.25, 0.3) is 0 Å². The fourth-order valence-electron chi connectivity index (χ4n) is 5.60. The zero-order valence-electron chi connectivity index (χ0n) is 25.0. The summed E-state index contributed by atoms with van der Waals surface area (Å²) in [5, 5.41) is 1.25. The molecule has 1 amide bonds. The molecule has 3 aromatic carbocycles. The molecular formula is C32H30Cl2F4N2O6S. The van der Waals surface area contributed by atoms with Crippen LogP contribution >= 0.6 is 23.2 Å². The Morgan fingerprint density at radius 1 is 0.957 bits per heavy atom. The van der Waals surface area contributed by atoms with Crippen LogP contribution in [0.2, 0.25) is 10.0 Å². The van der Waals surface area contributed by atoms with Crippen molar-refractivity contribution in [2.75, 3.05) is 26.0 Å². The van der Waals surface area contributed by atoms with E-state index in [0.717, 1.165) is 36.1 Å². The van der Waals surface area contributed by atoms with E-state index in [4.69, 9.17) is 27.9 Å². The molecule has 0 spiro atoms. The Balaban J connectivity index is 1.30. The number of rotatable bonds is 9. The number of carbonyl (C=O) groups is 2. The molecule has 1 saturated carbocycles. The summed E-state index contributed by atoms with van der Waals surface area (Å²) in [6.07, 6.45) is -2.42. The van der Waals surface area contributed by atoms with Gasteiger partial charge in [-0.1, -0.05) is 64.1 Å². The summed E-state index contributed by atoms with van der Waals surface area (Å²) in [4.78, 5) is 30.4. The van der Waals surface area contributed by atoms with Gasteiger partial charge in [0.1, 0.15) is 11.6 Å². The minimum Gasteiger partial charge on any atom is -0.493 e. The molecule has 1 aliphatic heterocycles. The summed E-state index contributed by atoms with van der Waals surface area (Å²) >= 11 is 13.2. The number of ether oxygens (including phenoxy) is 1. The number of sulfonamides is 1. The first-order chi connectivity index (χ1) is 22.1. The fraction of sp³-hybridized carbons (Fsp3) is 0.375. The average molecular weight is 718 g/mol. The molecule has 1 heterocycles. The molecule has 0 N–H and O–H groups in total. The van der Waals surface area contributed by atoms with E-state index >= 15 is 4.39 Å². The number of likely N-dealkylation sites (tertiary alicyclic amines) is 1. The van der Waals surface area contributed by atoms with E-state index in [1.807, 2.05) is 48.5 Å². The van der Waals surface area contributed by atoms with Crippen LogP contribution in [-0.4, -0.2) is 61.8 Å². The van der Waals surface area contributed by atoms with E-state index in [1.165, 1.54) is 0 Å². The number of amides is 1. The molecule has 0 aromatic heterocycles. The second-order valence-corrected chi connectivity index (χ2v) is 14.2. The van der Waals surface area contributed by atoms with Crippen LogP contribution < -0.4 is 4.74 Å². The lowest BCUT2D eigenvalue weighted by atomic mass is 9.91. The monoisotopic (exact) mass is 716 g/mol. The van der Waals surface area contributed by atoms with Gasteiger partial charge < -0.3 is 9.57 Å². The molecule has 5 rings (SSSR count). The van der Waals surface area contributed by atoms with Crippen molar-refractivity contribution in [3.05, 3.63) is 98.8 Å². The Labute approximate surface area is 279 Å². The summed E-state index contributed by atoms with van der Waals surface area (Å²) in [5.74, 6) is -5.88. The van der Waals surface area contributed by atoms with Crippen LogP contribution in [0.3, 0.4) is 0 Å². The number of piperidine rings is 1. The third kappa shape index (κ3) is 8.19. The highest BCUT2D eigenvalue weighted by Crippen LogP contribution is 2.46. The first kappa shape index (κ1) is 34.9. The summed E-state index contributed by atoms with van der Waals surface area (Å²) in [6, 6.07) is 17.0. The minimum atomic E-state index is -5.60. The van der Waals surface area contributed by atoms with Crippen molar-refractivity contribution in [1.29, 1.82) is 0 Å². The highest BCUT2D eigenvalue weighted by molar-refractivity contribution is 7.88. The highest BCUT2D eigenvalue weighted by atomic mass is 35.5. The fourth-order valence-corrected chi connectivity index (χ4v) is 6.68. The maximum Gasteiger partial charge on any atom is 0.493 e. The molecule has 1 saturated heterocycles. The number of carbonyl (C=O) groups excluding carboxylic acids is 2. The predicted octanol–water partition coefficient (Wildman–Crippen LogP) is 7.31. The summed E-state index contributed by atoms with van der Waals surface area (Å²) in [6.45, 7) is 1.59. The molecule has 3 aromatic rings. The maximum atomic E-state index is 15.3. The molecule has 2 fully saturated rings. The molecule has 47 heavy (non-hydrogen) atoms. The zero-order valence-corrected chi connectivity index (χ0v) is 27.3. The van der Waals surface area contributed by atoms with Crippen molar-refractivity contribution in [3.8, 4) is 5.75 Å². The standard InChI is InChI=1S/C32H30Cl2F4N2O6S/c1-47(43,44)40(46-31(42)32(36,37)38)30(41)24-16-23(20-10-11-20)28(17-27(24)35)45-18-19-12-14-39(15-13-19)29(21-6-2-4-8-25(21)33)22-7-3-5-9-26(22)34/h2-9,16-17,19-20,29H,10-15,18H2,1H3. The first-order valence-corrected chi connectivity index (χ1v) is 17.3. The molecule has 0 radical (unpaired) electrons. The third-order valence-corrected chi connectivity index (χ3v) is 9.63. The van der Waals surface area contributed by atoms with Gasteiger partial charge in [0.15, 0.2) is 0 Å². The lowest BCUT2D eigenvalue weighted by Gasteiger charge is -2.38. The van der Waals surface area contributed by atoms with Gasteiger partial charge in [-0.2, -0.15) is 13.2 Å². The zero-order chi connectivity index (χ0) is 34.1. The number of nitrogens with zero attached hydrogens (tertiary/aromatic N) is 2. The Bertz CT molecular complexity index is 1720. The molecule has 2 aliphatic rings. The Hall–Kier alpha value is -3.39. The maximum absolute atomic E-state index is 15.3. The van der Waals surface area contributed by atoms with Crippen LogP contribution in [-0.2, 0) is 19.7 Å². The van der Waals surface area contributed by atoms with Gasteiger partial charge in [0.05, 0.1) is 24.5 Å². The minimum absolute atomic E-state index is 0.0864. The molecular weight excluding hydrogens is 687 g/mol. The van der Waals surface area contributed by atoms with Crippen LogP contribution in [0.1, 0.15) is 64.7 Å². The number of alkyl halides is 3. The van der Waals surface area contributed by atoms with Gasteiger partial charge in [-0.25, -0.2) is 17.6 Å². The molecule has 15 heteroatoms. The van der Waals surface area contributed by atoms with E-state index < -0.39 is 43.9 Å². The smallest absolute Gasteiger partial charge is 0.493 e. The molecule has 1 aliphatic carbocycles. The molecule has 0 atom stereocenters. The van der Waals surface area contributed by atoms with Crippen molar-refractivity contribution in [2.45, 2.75) is 43.8 Å². The highest BCUT2D eigenvalue weighted by Gasteiger charge is 2.46. The van der Waals surface area contributed by atoms with Gasteiger partial charge in [0, 0.05) is 16.1 Å². The number of benzene rings is 3. The van der Waals surface area contributed by atoms with E-state index in [1.54, 1.807) is 0 Å². The van der Waals surface area contributed by atoms with Gasteiger partial charge in [-0.15, -0.1) is 0 Å². The summed E-state index contributed by atoms with van der Waals surface area (Å²) < 4.78 is 82.9. The normalized spacial score (nSPS) is 16.3. The predicted molar refractivity (Wildman–Crippen MR) is 166 cm³/mol. The third-order valence-electron chi connectivity index (χ3n) is 8.10. The average Bonchev–Trinajstić information content (AvgIpc) is 3.85. The van der Waals surface area contributed by atoms with E-state index in [0.29, 0.717) is 47.8 Å². The number of hydrogen-bond acceptors (Lipinski definition) is 7. The van der Waals surface area contributed by atoms with Crippen molar-refractivity contribution in [3.63, 3.8) is 0 Å². The lowest BCUT2D eigenvalue weighted by Crippen LogP contribution is -2.42. The number of hydrogen-bond donors (Lipinski definition) is 0. The summed E-state index contributed by atoms with van der Waals surface area (Å²) in [5.41, 5.74) is 1.39. The Morgan fingerprint density at radius 2 is 1.51 bits per heavy atom. The van der Waals surface area contributed by atoms with Gasteiger partial charge >= 0.3 is 18.1 Å². The van der Waals surface area contributed by atoms with Gasteiger partial charge in [0.25, 0.3) is 10.0 Å². The summed E-state index contributed by atoms with van der Waals surface area (Å²) in [7, 11) is -4.86. The molecule has 0 bridgehead atoms. The largest absolute Gasteiger partial charge is 0.493 e. The number of hydroxylamine groups is 1. The molecule has 252 valence electrons. The number of halogens is 6. The van der Waals surface area contributed by atoms with Crippen LogP contribution in [0.5, 0.6) is 5.75 Å². The van der Waals surface area contributed by atoms with Gasteiger partial charge in [-0.3, -0.25) is 9.69 Å². The van der Waals surface area contributed by atoms with Crippen LogP contribution in [0.15, 0.2) is 60.7 Å². The van der Waals surface area contributed by atoms with E-state index in [2.05, 4.69) is 9.74 Å².